The van der Waals surface area contributed by atoms with E-state index in [0.29, 0.717) is 23.8 Å². The summed E-state index contributed by atoms with van der Waals surface area (Å²) >= 11 is 5.65. The Kier molecular flexibility index (Phi) is 3.35. The fraction of sp³-hybridized carbons (Fsp3) is 0.500. The minimum Gasteiger partial charge on any atom is -0.386 e. The molecular formula is C12H15ClN2O2. The minimum atomic E-state index is -0.690. The van der Waals surface area contributed by atoms with Crippen LogP contribution >= 0.6 is 11.6 Å². The van der Waals surface area contributed by atoms with Crippen molar-refractivity contribution in [1.29, 1.82) is 0 Å². The van der Waals surface area contributed by atoms with Gasteiger partial charge in [-0.1, -0.05) is 24.9 Å². The molecule has 92 valence electrons. The van der Waals surface area contributed by atoms with E-state index in [9.17, 15) is 9.90 Å². The standard InChI is InChI=1S/C12H15ClN2O2/c1-2-5-12(17)7-15(8-12)11(16)9-3-4-10(13)14-6-9/h3-4,6,17H,2,5,7-8H2,1H3. The van der Waals surface area contributed by atoms with E-state index in [2.05, 4.69) is 4.98 Å². The third-order valence-corrected chi connectivity index (χ3v) is 3.17. The van der Waals surface area contributed by atoms with Crippen LogP contribution in [0.3, 0.4) is 0 Å². The maximum atomic E-state index is 12.0. The van der Waals surface area contributed by atoms with Crippen molar-refractivity contribution in [2.75, 3.05) is 13.1 Å². The molecule has 1 amide bonds. The van der Waals surface area contributed by atoms with Crippen LogP contribution in [0.4, 0.5) is 0 Å². The lowest BCUT2D eigenvalue weighted by atomic mass is 9.89. The van der Waals surface area contributed by atoms with Crippen LogP contribution in [0.2, 0.25) is 5.15 Å². The van der Waals surface area contributed by atoms with Gasteiger partial charge in [-0.25, -0.2) is 4.98 Å². The smallest absolute Gasteiger partial charge is 0.255 e. The van der Waals surface area contributed by atoms with E-state index in [1.54, 1.807) is 17.0 Å². The Labute approximate surface area is 105 Å². The number of likely N-dealkylation sites (tertiary alicyclic amines) is 1. The Morgan fingerprint density at radius 2 is 2.29 bits per heavy atom. The van der Waals surface area contributed by atoms with Crippen LogP contribution in [0.15, 0.2) is 18.3 Å². The highest BCUT2D eigenvalue weighted by molar-refractivity contribution is 6.29. The predicted molar refractivity (Wildman–Crippen MR) is 65.0 cm³/mol. The summed E-state index contributed by atoms with van der Waals surface area (Å²) in [4.78, 5) is 17.5. The van der Waals surface area contributed by atoms with Gasteiger partial charge in [0.05, 0.1) is 24.3 Å². The van der Waals surface area contributed by atoms with Gasteiger partial charge in [0, 0.05) is 6.20 Å². The molecule has 1 aromatic heterocycles. The van der Waals surface area contributed by atoms with Crippen molar-refractivity contribution in [2.24, 2.45) is 0 Å². The van der Waals surface area contributed by atoms with Gasteiger partial charge in [0.2, 0.25) is 0 Å². The molecule has 0 atom stereocenters. The van der Waals surface area contributed by atoms with Gasteiger partial charge in [-0.2, -0.15) is 0 Å². The molecule has 0 radical (unpaired) electrons. The predicted octanol–water partition coefficient (Wildman–Crippen LogP) is 1.72. The van der Waals surface area contributed by atoms with Crippen LogP contribution in [0, 0.1) is 0 Å². The number of halogens is 1. The lowest BCUT2D eigenvalue weighted by Crippen LogP contribution is -2.63. The number of hydrogen-bond donors (Lipinski definition) is 1. The first-order valence-electron chi connectivity index (χ1n) is 5.67. The Bertz CT molecular complexity index is 413. The third kappa shape index (κ3) is 2.58. The van der Waals surface area contributed by atoms with Crippen molar-refractivity contribution in [3.63, 3.8) is 0 Å². The summed E-state index contributed by atoms with van der Waals surface area (Å²) in [5, 5.41) is 10.4. The summed E-state index contributed by atoms with van der Waals surface area (Å²) in [6.07, 6.45) is 3.11. The molecule has 17 heavy (non-hydrogen) atoms. The van der Waals surface area contributed by atoms with Gasteiger partial charge < -0.3 is 10.0 Å². The van der Waals surface area contributed by atoms with E-state index in [-0.39, 0.29) is 5.91 Å². The molecule has 0 saturated carbocycles. The average Bonchev–Trinajstić information content (AvgIpc) is 2.26. The maximum absolute atomic E-state index is 12.0. The molecule has 0 spiro atoms. The molecule has 0 bridgehead atoms. The van der Waals surface area contributed by atoms with Gasteiger partial charge in [-0.3, -0.25) is 4.79 Å². The normalized spacial score (nSPS) is 17.7. The van der Waals surface area contributed by atoms with Crippen LogP contribution < -0.4 is 0 Å². The molecule has 2 rings (SSSR count). The lowest BCUT2D eigenvalue weighted by molar-refractivity contribution is -0.0860. The lowest BCUT2D eigenvalue weighted by Gasteiger charge is -2.46. The first-order valence-corrected chi connectivity index (χ1v) is 6.05. The van der Waals surface area contributed by atoms with E-state index < -0.39 is 5.60 Å². The zero-order chi connectivity index (χ0) is 12.5. The number of aromatic nitrogens is 1. The van der Waals surface area contributed by atoms with Crippen LogP contribution in [0.5, 0.6) is 0 Å². The molecule has 2 heterocycles. The zero-order valence-corrected chi connectivity index (χ0v) is 10.4. The molecule has 0 aliphatic carbocycles. The van der Waals surface area contributed by atoms with Crippen molar-refractivity contribution in [2.45, 2.75) is 25.4 Å². The van der Waals surface area contributed by atoms with E-state index in [1.165, 1.54) is 6.20 Å². The number of carbonyl (C=O) groups excluding carboxylic acids is 1. The van der Waals surface area contributed by atoms with Gasteiger partial charge in [-0.15, -0.1) is 0 Å². The van der Waals surface area contributed by atoms with Crippen LogP contribution in [0.25, 0.3) is 0 Å². The topological polar surface area (TPSA) is 53.4 Å². The van der Waals surface area contributed by atoms with Gasteiger partial charge in [-0.05, 0) is 18.6 Å². The Hall–Kier alpha value is -1.13. The van der Waals surface area contributed by atoms with Crippen molar-refractivity contribution in [1.82, 2.24) is 9.88 Å². The molecule has 1 aliphatic rings. The monoisotopic (exact) mass is 254 g/mol. The number of rotatable bonds is 3. The summed E-state index contributed by atoms with van der Waals surface area (Å²) in [7, 11) is 0. The average molecular weight is 255 g/mol. The second-order valence-electron chi connectivity index (χ2n) is 4.51. The second kappa shape index (κ2) is 4.63. The molecule has 4 nitrogen and oxygen atoms in total. The highest BCUT2D eigenvalue weighted by Gasteiger charge is 2.42. The fourth-order valence-corrected chi connectivity index (χ4v) is 2.23. The zero-order valence-electron chi connectivity index (χ0n) is 9.69. The summed E-state index contributed by atoms with van der Waals surface area (Å²) in [5.41, 5.74) is -0.183. The molecule has 5 heteroatoms. The number of nitrogens with zero attached hydrogens (tertiary/aromatic N) is 2. The van der Waals surface area contributed by atoms with Crippen molar-refractivity contribution in [3.8, 4) is 0 Å². The number of aliphatic hydroxyl groups is 1. The number of carbonyl (C=O) groups is 1. The number of amides is 1. The molecular weight excluding hydrogens is 240 g/mol. The van der Waals surface area contributed by atoms with E-state index in [4.69, 9.17) is 11.6 Å². The maximum Gasteiger partial charge on any atom is 0.255 e. The first kappa shape index (κ1) is 12.3. The van der Waals surface area contributed by atoms with Crippen molar-refractivity contribution in [3.05, 3.63) is 29.0 Å². The summed E-state index contributed by atoms with van der Waals surface area (Å²) < 4.78 is 0. The van der Waals surface area contributed by atoms with Gasteiger partial charge >= 0.3 is 0 Å². The van der Waals surface area contributed by atoms with E-state index >= 15 is 0 Å². The van der Waals surface area contributed by atoms with Crippen molar-refractivity contribution < 1.29 is 9.90 Å². The second-order valence-corrected chi connectivity index (χ2v) is 4.89. The molecule has 0 aromatic carbocycles. The largest absolute Gasteiger partial charge is 0.386 e. The molecule has 1 aliphatic heterocycles. The quantitative estimate of drug-likeness (QED) is 0.836. The SMILES string of the molecule is CCCC1(O)CN(C(=O)c2ccc(Cl)nc2)C1. The van der Waals surface area contributed by atoms with E-state index in [1.807, 2.05) is 6.92 Å². The van der Waals surface area contributed by atoms with Gasteiger partial charge in [0.15, 0.2) is 0 Å². The molecule has 1 saturated heterocycles. The number of pyridine rings is 1. The Morgan fingerprint density at radius 3 is 2.82 bits per heavy atom. The molecule has 1 N–H and O–H groups in total. The van der Waals surface area contributed by atoms with E-state index in [0.717, 1.165) is 12.8 Å². The Balaban J connectivity index is 1.97. The van der Waals surface area contributed by atoms with Crippen LogP contribution in [-0.2, 0) is 0 Å². The molecule has 1 aromatic rings. The van der Waals surface area contributed by atoms with Crippen LogP contribution in [-0.4, -0.2) is 39.6 Å². The molecule has 0 unspecified atom stereocenters. The molecule has 1 fully saturated rings. The summed E-state index contributed by atoms with van der Waals surface area (Å²) in [6, 6.07) is 3.24. The summed E-state index contributed by atoms with van der Waals surface area (Å²) in [5.74, 6) is -0.102. The number of hydrogen-bond acceptors (Lipinski definition) is 3. The van der Waals surface area contributed by atoms with Gasteiger partial charge in [0.1, 0.15) is 5.15 Å². The van der Waals surface area contributed by atoms with Gasteiger partial charge in [0.25, 0.3) is 5.91 Å². The number of β-amino-alcohol motifs (C(OH)–C–C–N with tert-alkyl or cyclic N) is 1. The Morgan fingerprint density at radius 1 is 1.59 bits per heavy atom. The third-order valence-electron chi connectivity index (χ3n) is 2.95. The summed E-state index contributed by atoms with van der Waals surface area (Å²) in [6.45, 7) is 2.83. The highest BCUT2D eigenvalue weighted by atomic mass is 35.5. The highest BCUT2D eigenvalue weighted by Crippen LogP contribution is 2.27. The van der Waals surface area contributed by atoms with Crippen molar-refractivity contribution >= 4 is 17.5 Å². The minimum absolute atomic E-state index is 0.102. The fourth-order valence-electron chi connectivity index (χ4n) is 2.12. The van der Waals surface area contributed by atoms with Crippen LogP contribution in [0.1, 0.15) is 30.1 Å². The first-order chi connectivity index (χ1) is 8.04.